The first-order valence-electron chi connectivity index (χ1n) is 8.63. The summed E-state index contributed by atoms with van der Waals surface area (Å²) in [6.45, 7) is 6.67. The van der Waals surface area contributed by atoms with Crippen molar-refractivity contribution in [1.82, 2.24) is 4.90 Å². The normalized spacial score (nSPS) is 26.9. The molecule has 1 heterocycles. The van der Waals surface area contributed by atoms with E-state index in [9.17, 15) is 5.11 Å². The van der Waals surface area contributed by atoms with Crippen molar-refractivity contribution >= 4 is 0 Å². The van der Waals surface area contributed by atoms with Crippen LogP contribution < -0.4 is 0 Å². The van der Waals surface area contributed by atoms with Crippen molar-refractivity contribution in [1.29, 1.82) is 0 Å². The highest BCUT2D eigenvalue weighted by Gasteiger charge is 2.31. The van der Waals surface area contributed by atoms with Crippen LogP contribution in [0.15, 0.2) is 18.2 Å². The van der Waals surface area contributed by atoms with Crippen LogP contribution in [-0.4, -0.2) is 34.7 Å². The van der Waals surface area contributed by atoms with Gasteiger partial charge in [-0.05, 0) is 75.6 Å². The Morgan fingerprint density at radius 2 is 1.90 bits per heavy atom. The molecule has 2 aliphatic rings. The minimum Gasteiger partial charge on any atom is -0.389 e. The fourth-order valence-corrected chi connectivity index (χ4v) is 4.01. The van der Waals surface area contributed by atoms with E-state index in [1.54, 1.807) is 0 Å². The molecule has 3 rings (SSSR count). The number of nitrogens with zero attached hydrogens (tertiary/aromatic N) is 1. The van der Waals surface area contributed by atoms with E-state index in [-0.39, 0.29) is 0 Å². The van der Waals surface area contributed by atoms with Crippen molar-refractivity contribution in [2.24, 2.45) is 0 Å². The molecule has 0 radical (unpaired) electrons. The average Bonchev–Trinajstić information content (AvgIpc) is 2.81. The number of likely N-dealkylation sites (tertiary alicyclic amines) is 1. The molecule has 0 amide bonds. The lowest BCUT2D eigenvalue weighted by Crippen LogP contribution is -2.35. The zero-order valence-electron chi connectivity index (χ0n) is 13.6. The van der Waals surface area contributed by atoms with Gasteiger partial charge in [0, 0.05) is 19.0 Å². The monoisotopic (exact) mass is 287 g/mol. The summed E-state index contributed by atoms with van der Waals surface area (Å²) in [5.74, 6) is 0. The molecule has 2 heteroatoms. The Labute approximate surface area is 129 Å². The largest absolute Gasteiger partial charge is 0.389 e. The van der Waals surface area contributed by atoms with Crippen LogP contribution >= 0.6 is 0 Å². The molecule has 116 valence electrons. The lowest BCUT2D eigenvalue weighted by molar-refractivity contribution is 0.0248. The minimum absolute atomic E-state index is 0.503. The van der Waals surface area contributed by atoms with Gasteiger partial charge in [0.15, 0.2) is 0 Å². The van der Waals surface area contributed by atoms with Gasteiger partial charge < -0.3 is 10.0 Å². The first-order chi connectivity index (χ1) is 10.1. The highest BCUT2D eigenvalue weighted by molar-refractivity contribution is 5.35. The van der Waals surface area contributed by atoms with Gasteiger partial charge in [0.05, 0.1) is 5.60 Å². The first-order valence-corrected chi connectivity index (χ1v) is 8.63. The van der Waals surface area contributed by atoms with E-state index in [4.69, 9.17) is 0 Å². The van der Waals surface area contributed by atoms with Crippen molar-refractivity contribution < 1.29 is 5.11 Å². The van der Waals surface area contributed by atoms with E-state index < -0.39 is 5.60 Å². The van der Waals surface area contributed by atoms with Gasteiger partial charge in [-0.3, -0.25) is 0 Å². The van der Waals surface area contributed by atoms with E-state index in [0.717, 1.165) is 38.8 Å². The second kappa shape index (κ2) is 6.10. The van der Waals surface area contributed by atoms with Gasteiger partial charge >= 0.3 is 0 Å². The molecule has 1 aromatic rings. The Morgan fingerprint density at radius 1 is 1.10 bits per heavy atom. The van der Waals surface area contributed by atoms with Crippen LogP contribution in [0.25, 0.3) is 0 Å². The Bertz CT molecular complexity index is 496. The van der Waals surface area contributed by atoms with Gasteiger partial charge in [0.2, 0.25) is 0 Å². The van der Waals surface area contributed by atoms with Crippen molar-refractivity contribution in [3.63, 3.8) is 0 Å². The Balaban J connectivity index is 1.68. The highest BCUT2D eigenvalue weighted by atomic mass is 16.3. The van der Waals surface area contributed by atoms with Gasteiger partial charge in [-0.25, -0.2) is 0 Å². The Hall–Kier alpha value is -0.860. The number of hydrogen-bond acceptors (Lipinski definition) is 2. The molecule has 1 unspecified atom stereocenters. The minimum atomic E-state index is -0.503. The van der Waals surface area contributed by atoms with Crippen LogP contribution in [0.5, 0.6) is 0 Å². The summed E-state index contributed by atoms with van der Waals surface area (Å²) in [5, 5.41) is 11.0. The van der Waals surface area contributed by atoms with E-state index in [1.165, 1.54) is 36.0 Å². The highest BCUT2D eigenvalue weighted by Crippen LogP contribution is 2.29. The zero-order valence-corrected chi connectivity index (χ0v) is 13.6. The van der Waals surface area contributed by atoms with E-state index in [2.05, 4.69) is 36.9 Å². The number of aryl methyl sites for hydroxylation is 2. The van der Waals surface area contributed by atoms with E-state index in [0.29, 0.717) is 6.04 Å². The smallest absolute Gasteiger partial charge is 0.0700 e. The molecular weight excluding hydrogens is 258 g/mol. The van der Waals surface area contributed by atoms with E-state index >= 15 is 0 Å². The quantitative estimate of drug-likeness (QED) is 0.921. The predicted octanol–water partition coefficient (Wildman–Crippen LogP) is 3.34. The van der Waals surface area contributed by atoms with Crippen molar-refractivity contribution in [3.8, 4) is 0 Å². The van der Waals surface area contributed by atoms with E-state index in [1.807, 2.05) is 0 Å². The molecule has 1 aromatic carbocycles. The Morgan fingerprint density at radius 3 is 2.71 bits per heavy atom. The van der Waals surface area contributed by atoms with Crippen molar-refractivity contribution in [2.45, 2.75) is 70.4 Å². The fourth-order valence-electron chi connectivity index (χ4n) is 4.01. The maximum absolute atomic E-state index is 11.0. The lowest BCUT2D eigenvalue weighted by atomic mass is 9.87. The summed E-state index contributed by atoms with van der Waals surface area (Å²) in [6, 6.07) is 7.48. The fraction of sp³-hybridized carbons (Fsp3) is 0.684. The SMILES string of the molecule is CC(C)N1CCCC(O)(Cc2ccc3c(c2)CCC3)CC1. The maximum Gasteiger partial charge on any atom is 0.0700 e. The molecule has 1 atom stereocenters. The molecule has 21 heavy (non-hydrogen) atoms. The van der Waals surface area contributed by atoms with Crippen molar-refractivity contribution in [2.75, 3.05) is 13.1 Å². The molecule has 1 aliphatic carbocycles. The van der Waals surface area contributed by atoms with Crippen LogP contribution in [-0.2, 0) is 19.3 Å². The van der Waals surface area contributed by atoms with Gasteiger partial charge in [-0.2, -0.15) is 0 Å². The number of aliphatic hydroxyl groups is 1. The summed E-state index contributed by atoms with van der Waals surface area (Å²) in [4.78, 5) is 2.50. The van der Waals surface area contributed by atoms with Gasteiger partial charge in [-0.1, -0.05) is 18.2 Å². The third-order valence-electron chi connectivity index (χ3n) is 5.38. The number of rotatable bonds is 3. The maximum atomic E-state index is 11.0. The van der Waals surface area contributed by atoms with Gasteiger partial charge in [-0.15, -0.1) is 0 Å². The molecule has 0 aromatic heterocycles. The third-order valence-corrected chi connectivity index (χ3v) is 5.38. The second-order valence-corrected chi connectivity index (χ2v) is 7.34. The molecule has 0 bridgehead atoms. The topological polar surface area (TPSA) is 23.5 Å². The molecule has 0 spiro atoms. The van der Waals surface area contributed by atoms with Crippen LogP contribution in [0.4, 0.5) is 0 Å². The third kappa shape index (κ3) is 3.49. The first kappa shape index (κ1) is 15.1. The molecular formula is C19H29NO. The molecule has 1 fully saturated rings. The van der Waals surface area contributed by atoms with Crippen LogP contribution in [0.1, 0.15) is 56.2 Å². The van der Waals surface area contributed by atoms with Crippen LogP contribution in [0.3, 0.4) is 0 Å². The Kier molecular flexibility index (Phi) is 4.37. The van der Waals surface area contributed by atoms with Crippen LogP contribution in [0, 0.1) is 0 Å². The molecule has 1 N–H and O–H groups in total. The summed E-state index contributed by atoms with van der Waals surface area (Å²) in [7, 11) is 0. The summed E-state index contributed by atoms with van der Waals surface area (Å²) < 4.78 is 0. The molecule has 1 saturated heterocycles. The van der Waals surface area contributed by atoms with Gasteiger partial charge in [0.1, 0.15) is 0 Å². The number of hydrogen-bond donors (Lipinski definition) is 1. The lowest BCUT2D eigenvalue weighted by Gasteiger charge is -2.28. The summed E-state index contributed by atoms with van der Waals surface area (Å²) in [5.41, 5.74) is 3.87. The average molecular weight is 287 g/mol. The molecule has 1 aliphatic heterocycles. The number of fused-ring (bicyclic) bond motifs is 1. The zero-order chi connectivity index (χ0) is 14.9. The second-order valence-electron chi connectivity index (χ2n) is 7.34. The van der Waals surface area contributed by atoms with Crippen molar-refractivity contribution in [3.05, 3.63) is 34.9 Å². The van der Waals surface area contributed by atoms with Crippen LogP contribution in [0.2, 0.25) is 0 Å². The van der Waals surface area contributed by atoms with Gasteiger partial charge in [0.25, 0.3) is 0 Å². The summed E-state index contributed by atoms with van der Waals surface area (Å²) >= 11 is 0. The number of benzene rings is 1. The predicted molar refractivity (Wildman–Crippen MR) is 87.7 cm³/mol. The standard InChI is InChI=1S/C19H29NO/c1-15(2)20-11-4-9-19(21,10-12-20)14-16-7-8-17-5-3-6-18(17)13-16/h7-8,13,15,21H,3-6,9-12,14H2,1-2H3. The summed E-state index contributed by atoms with van der Waals surface area (Å²) in [6.07, 6.45) is 7.54. The molecule has 2 nitrogen and oxygen atoms in total. The molecule has 0 saturated carbocycles.